The first kappa shape index (κ1) is 17.6. The molecule has 4 nitrogen and oxygen atoms in total. The molecule has 16 aromatic carbocycles. The lowest BCUT2D eigenvalue weighted by Crippen LogP contribution is -1.86. The smallest absolute Gasteiger partial charge is 0.0786 e. The van der Waals surface area contributed by atoms with Gasteiger partial charge in [0.1, 0.15) is 0 Å². The minimum absolute atomic E-state index is 0.310. The van der Waals surface area contributed by atoms with Crippen molar-refractivity contribution in [3.63, 3.8) is 0 Å². The van der Waals surface area contributed by atoms with Gasteiger partial charge in [-0.05, 0) is 177 Å². The molecular formula is C91H216N4. The van der Waals surface area contributed by atoms with Crippen LogP contribution in [0.15, 0.2) is 310 Å². The van der Waals surface area contributed by atoms with E-state index >= 15 is 0 Å². The molecule has 4 heterocycles. The van der Waals surface area contributed by atoms with Crippen molar-refractivity contribution < 1.29 is 230 Å². The van der Waals surface area contributed by atoms with E-state index < -0.39 is 0 Å². The van der Waals surface area contributed by atoms with Crippen LogP contribution in [-0.2, 0) is 0 Å². The highest BCUT2D eigenvalue weighted by molar-refractivity contribution is 6.29. The number of aryl methyl sites for hydroxylation is 5. The lowest BCUT2D eigenvalue weighted by molar-refractivity contribution is 1.37. The van der Waals surface area contributed by atoms with Gasteiger partial charge in [-0.15, -0.1) is 0 Å². The second-order valence-electron chi connectivity index (χ2n) is 24.3. The van der Waals surface area contributed by atoms with E-state index in [1.165, 1.54) is 140 Å². The topological polar surface area (TPSA) is 51.6 Å². The van der Waals surface area contributed by atoms with Crippen molar-refractivity contribution in [3.8, 4) is 0 Å². The third kappa shape index (κ3) is 10.6. The number of aromatic nitrogens is 4. The number of benzene rings is 16. The Labute approximate surface area is 789 Å². The summed E-state index contributed by atoms with van der Waals surface area (Å²) in [7, 11) is 0. The van der Waals surface area contributed by atoms with Crippen LogP contribution in [0.1, 0.15) is 257 Å². The Kier molecular flexibility index (Phi) is 4.56. The molecule has 20 rings (SSSR count). The third-order valence-corrected chi connectivity index (χ3v) is 18.5. The van der Waals surface area contributed by atoms with Gasteiger partial charge < -0.3 is 0 Å². The quantitative estimate of drug-likeness (QED) is 0.142. The molecular weight excluding hydrogens is 1150 g/mol. The Morgan fingerprint density at radius 1 is 0.200 bits per heavy atom. The Bertz CT molecular complexity index is 5670. The molecule has 0 aliphatic rings. The van der Waals surface area contributed by atoms with Gasteiger partial charge in [0.15, 0.2) is 0 Å². The SMILES string of the molecule is [2H]Cc1ccc2c(c1)c1ccccc1c1cccnc12.[2H]Cc1ccc2c3ccccc3c3ccccc3c2c1.[2H]Cc1ccc2c3ccccc3c3ncccc3c2c1.[2H]Cc1ccc2c3ccncc3c3ccccc3c2c1.[2H]Cc1ccc2c3cnccc3c3ccccc3c2c1.[2H][2H].[2H][2H].[2H][2H].[2H][2H].[2H][2H].[2H][2H].[2H][2H].[2H][2H].[2H][2H].[2H][2H].[2H][2H].[2H][2H].[2H][2H].[2H][2H].[2H][2H].[2H][2H].[2H][2H].[2H][2H].[2H][2H].[2H][2H].[2H][2H].[2H][2H].[2H][2H].[2H][2H].[2H][2H].[2H][2H].[2H][2H].[2H][2H].[2H][2H].[2H][2H].[2H][2H].[2H][2H].[2H][2H].[2H][2H].[2H][2H].[2H][2H].[2H][2H].[2H][2H].[2H][2H].[2H][2H].[2H][2H].[2H][2H].[2H][2H].[2H][2H].[2H][2H].[2H][2H].[2H][2H].[2H][2H].[2H][2H].[2H][2H].[2H][2H].[2H][2H].[2H][2H].[2H][2H].[2H][2H].[2H][2H].[2H][2H].[2H][2H].[2H][2H].[2H][2H].[2H][2H].[2H][2H].[2H][2H].[2H][2H].[2H][2H].[2H][2H].[2H][2H].[2H][2H].[2H][2H].[2H][2H].[2H][2H].[2H][2H].[2H][2H].[2H][2H].[2H][2H]. The molecule has 0 saturated heterocycles. The summed E-state index contributed by atoms with van der Waals surface area (Å²) in [5.41, 5.74) is 7.33. The van der Waals surface area contributed by atoms with Crippen LogP contribution < -0.4 is 0 Å². The van der Waals surface area contributed by atoms with Crippen LogP contribution in [0.25, 0.3) is 162 Å². The first-order valence-electron chi connectivity index (χ1n) is 110. The van der Waals surface area contributed by atoms with Crippen molar-refractivity contribution in [2.24, 2.45) is 0 Å². The van der Waals surface area contributed by atoms with E-state index in [1.54, 1.807) is 0 Å². The van der Waals surface area contributed by atoms with Crippen molar-refractivity contribution >= 4 is 162 Å². The molecule has 0 unspecified atom stereocenters. The van der Waals surface area contributed by atoms with Crippen LogP contribution in [0, 0.1) is 34.5 Å². The maximum Gasteiger partial charge on any atom is 0.0786 e. The zero-order valence-corrected chi connectivity index (χ0v) is 52.3. The Balaban J connectivity index is -0.0000000263. The molecule has 0 bridgehead atoms. The van der Waals surface area contributed by atoms with Crippen molar-refractivity contribution in [1.29, 1.82) is 0 Å². The van der Waals surface area contributed by atoms with Gasteiger partial charge >= 0.3 is 0 Å². The number of hydrogen-bond donors (Lipinski definition) is 0. The molecule has 0 atom stereocenters. The molecule has 20 aromatic rings. The van der Waals surface area contributed by atoms with Crippen LogP contribution in [-0.4, -0.2) is 19.9 Å². The fraction of sp³-hybridized carbons (Fsp3) is 0.0549. The van der Waals surface area contributed by atoms with Gasteiger partial charge in [-0.1, -0.05) is 277 Å². The summed E-state index contributed by atoms with van der Waals surface area (Å²) in [5, 5.41) is 34.4. The predicted molar refractivity (Wildman–Crippen MR) is 568 cm³/mol. The molecule has 0 radical (unpaired) electrons. The largest absolute Gasteiger partial charge is 0.264 e. The highest BCUT2D eigenvalue weighted by Gasteiger charge is 2.14. The Morgan fingerprint density at radius 2 is 0.400 bits per heavy atom. The third-order valence-electron chi connectivity index (χ3n) is 18.5. The van der Waals surface area contributed by atoms with Crippen molar-refractivity contribution in [1.82, 2.24) is 19.9 Å². The van der Waals surface area contributed by atoms with Crippen LogP contribution >= 0.6 is 0 Å². The van der Waals surface area contributed by atoms with Gasteiger partial charge in [-0.3, -0.25) is 19.9 Å². The van der Waals surface area contributed by atoms with Crippen LogP contribution in [0.2, 0.25) is 0 Å². The van der Waals surface area contributed by atoms with Crippen molar-refractivity contribution in [3.05, 3.63) is 338 Å². The number of pyridine rings is 4. The van der Waals surface area contributed by atoms with E-state index in [0.717, 1.165) is 49.6 Å². The monoisotopic (exact) mass is 1520 g/mol. The second-order valence-corrected chi connectivity index (χ2v) is 24.3. The van der Waals surface area contributed by atoms with Crippen LogP contribution in [0.5, 0.6) is 0 Å². The average molecular weight is 1520 g/mol. The summed E-state index contributed by atoms with van der Waals surface area (Å²) in [6.45, 7) is 1.58. The molecule has 0 amide bonds. The number of fused-ring (bicyclic) bond motifs is 30. The second kappa shape index (κ2) is 24.6. The summed E-state index contributed by atoms with van der Waals surface area (Å²) < 4.78 is 788. The van der Waals surface area contributed by atoms with E-state index in [4.69, 9.17) is 230 Å². The molecule has 0 aliphatic carbocycles. The lowest BCUT2D eigenvalue weighted by atomic mass is 9.93. The van der Waals surface area contributed by atoms with Crippen LogP contribution in [0.3, 0.4) is 0 Å². The van der Waals surface area contributed by atoms with Crippen molar-refractivity contribution in [2.45, 2.75) is 34.5 Å². The van der Waals surface area contributed by atoms with Gasteiger partial charge in [0, 0.05) is 299 Å². The maximum absolute atomic E-state index is 7.59. The normalized spacial score (nSPS) is 18.4. The Hall–Kier alpha value is -12.0. The van der Waals surface area contributed by atoms with E-state index in [9.17, 15) is 0 Å². The summed E-state index contributed by atoms with van der Waals surface area (Å²) in [6, 6.07) is 94.7. The summed E-state index contributed by atoms with van der Waals surface area (Å²) in [4.78, 5) is 17.7. The minimum Gasteiger partial charge on any atom is -0.264 e. The zero-order chi connectivity index (χ0) is 218. The first-order chi connectivity index (χ1) is 124. The molecule has 4 aromatic heterocycles. The molecule has 0 aliphatic heterocycles. The fourth-order valence-electron chi connectivity index (χ4n) is 14.3. The standard InChI is InChI=1S/C19H14.4C18H13N.75H2/c1-13-10-11-18-16-8-3-2-6-14(16)15-7-4-5-9-17(15)19(18)12-13;1-12-8-9-14-13-5-2-3-6-15(13)18-16(17(14)11-12)7-4-10-19-18;1-12-8-9-16-17(11-12)14-6-3-2-5-13(14)15-7-4-10-19-18(15)16;1-12-6-7-15-16-8-9-19-11-18(16)14-5-3-2-4-13(14)17(15)10-12;1-12-6-7-15-17(10-12)14-5-3-2-4-13(14)16-8-9-19-11-18(15)16;;;;;;;;;;;;;;;;;;;;;;;;;;;;;;;;;;;;;;;;;;;;;;;;;;;;;;;;;;;;;;;;;;;;;;;;;;;/h2-12H,1H3;4*2-11H,1H3;75*1H/i5*1D;75*1+1D. The molecule has 600 valence electrons. The van der Waals surface area contributed by atoms with Gasteiger partial charge in [0.2, 0.25) is 0 Å². The highest BCUT2D eigenvalue weighted by Crippen LogP contribution is 2.40. The first-order valence-corrected chi connectivity index (χ1v) is 31.9. The number of nitrogens with zero attached hydrogens (tertiary/aromatic N) is 4. The number of rotatable bonds is 0. The van der Waals surface area contributed by atoms with E-state index in [0.29, 0.717) is 34.5 Å². The van der Waals surface area contributed by atoms with Crippen molar-refractivity contribution in [2.75, 3.05) is 0 Å². The summed E-state index contributed by atoms with van der Waals surface area (Å²) in [6.07, 6.45) is 11.2. The summed E-state index contributed by atoms with van der Waals surface area (Å²) >= 11 is 0. The lowest BCUT2D eigenvalue weighted by Gasteiger charge is -2.10. The Morgan fingerprint density at radius 3 is 0.716 bits per heavy atom. The average Bonchev–Trinajstić information content (AvgIpc) is 0.757. The van der Waals surface area contributed by atoms with Gasteiger partial charge in [-0.25, -0.2) is 0 Å². The predicted octanol–water partition coefficient (Wildman–Crippen LogP) is 43.3. The van der Waals surface area contributed by atoms with Gasteiger partial charge in [0.25, 0.3) is 0 Å². The minimum atomic E-state index is 0.310. The van der Waals surface area contributed by atoms with Gasteiger partial charge in [-0.2, -0.15) is 0 Å². The van der Waals surface area contributed by atoms with E-state index in [2.05, 4.69) is 257 Å². The van der Waals surface area contributed by atoms with E-state index in [-0.39, 0.29) is 0 Å². The zero-order valence-electron chi connectivity index (χ0n) is 207. The van der Waals surface area contributed by atoms with Crippen LogP contribution in [0.4, 0.5) is 0 Å². The molecule has 0 spiro atoms. The van der Waals surface area contributed by atoms with Gasteiger partial charge in [0.05, 0.1) is 11.0 Å². The number of hydrogen-bond acceptors (Lipinski definition) is 4. The molecule has 0 fully saturated rings. The van der Waals surface area contributed by atoms with E-state index in [1.807, 2.05) is 73.6 Å². The fourth-order valence-corrected chi connectivity index (χ4v) is 14.3. The molecule has 0 saturated carbocycles. The summed E-state index contributed by atoms with van der Waals surface area (Å²) in [5.74, 6) is 0. The molecule has 95 heavy (non-hydrogen) atoms. The maximum atomic E-state index is 7.59. The highest BCUT2D eigenvalue weighted by atomic mass is 14.7. The molecule has 0 N–H and O–H groups in total. The molecule has 4 heteroatoms.